The molecule has 4 aromatic rings. The van der Waals surface area contributed by atoms with Gasteiger partial charge in [-0.3, -0.25) is 9.48 Å². The zero-order valence-corrected chi connectivity index (χ0v) is 18.8. The van der Waals surface area contributed by atoms with Crippen LogP contribution in [0.1, 0.15) is 27.0 Å². The summed E-state index contributed by atoms with van der Waals surface area (Å²) in [6, 6.07) is 6.56. The van der Waals surface area contributed by atoms with E-state index in [4.69, 9.17) is 16.9 Å². The molecule has 36 heavy (non-hydrogen) atoms. The second kappa shape index (κ2) is 8.88. The Balaban J connectivity index is 1.89. The van der Waals surface area contributed by atoms with Crippen LogP contribution in [0, 0.1) is 30.9 Å². The highest BCUT2D eigenvalue weighted by atomic mass is 19.4. The van der Waals surface area contributed by atoms with Crippen molar-refractivity contribution in [2.75, 3.05) is 11.1 Å². The zero-order chi connectivity index (χ0) is 26.4. The third-order valence-corrected chi connectivity index (χ3v) is 5.34. The number of aromatic nitrogens is 2. The number of nitrogens with two attached hydrogens (primary N) is 1. The van der Waals surface area contributed by atoms with Crippen LogP contribution in [0.15, 0.2) is 42.5 Å². The smallest absolute Gasteiger partial charge is 0.416 e. The van der Waals surface area contributed by atoms with Crippen LogP contribution in [0.25, 0.3) is 10.9 Å². The Kier molecular flexibility index (Phi) is 6.05. The Morgan fingerprint density at radius 1 is 1.14 bits per heavy atom. The highest BCUT2D eigenvalue weighted by Crippen LogP contribution is 2.43. The molecule has 184 valence electrons. The molecule has 1 heterocycles. The largest absolute Gasteiger partial charge is 0.454 e. The highest BCUT2D eigenvalue weighted by Gasteiger charge is 2.32. The summed E-state index contributed by atoms with van der Waals surface area (Å²) in [5.41, 5.74) is 5.17. The summed E-state index contributed by atoms with van der Waals surface area (Å²) in [6.45, 7) is 1.65. The summed E-state index contributed by atoms with van der Waals surface area (Å²) in [4.78, 5) is 12.9. The van der Waals surface area contributed by atoms with E-state index in [0.29, 0.717) is 23.2 Å². The molecule has 4 rings (SSSR count). The maximum Gasteiger partial charge on any atom is 0.416 e. The van der Waals surface area contributed by atoms with E-state index in [1.807, 2.05) is 0 Å². The maximum atomic E-state index is 13.9. The average Bonchev–Trinajstić information content (AvgIpc) is 3.10. The van der Waals surface area contributed by atoms with Crippen molar-refractivity contribution in [2.45, 2.75) is 13.1 Å². The van der Waals surface area contributed by atoms with Crippen LogP contribution in [0.3, 0.4) is 0 Å². The maximum absolute atomic E-state index is 13.9. The van der Waals surface area contributed by atoms with Crippen molar-refractivity contribution in [1.82, 2.24) is 9.78 Å². The molecule has 1 amide bonds. The summed E-state index contributed by atoms with van der Waals surface area (Å²) in [5.74, 6) is -0.531. The number of hydrogen-bond acceptors (Lipinski definition) is 4. The first-order valence-corrected chi connectivity index (χ1v) is 10.3. The molecule has 0 fully saturated rings. The number of anilines is 2. The first-order chi connectivity index (χ1) is 16.9. The van der Waals surface area contributed by atoms with E-state index in [1.54, 1.807) is 14.0 Å². The fourth-order valence-electron chi connectivity index (χ4n) is 3.67. The lowest BCUT2D eigenvalue weighted by Gasteiger charge is -2.17. The number of fused-ring (bicyclic) bond motifs is 1. The molecule has 0 saturated carbocycles. The van der Waals surface area contributed by atoms with E-state index >= 15 is 0 Å². The molecule has 0 atom stereocenters. The van der Waals surface area contributed by atoms with Crippen LogP contribution >= 0.6 is 0 Å². The van der Waals surface area contributed by atoms with Crippen molar-refractivity contribution in [3.63, 3.8) is 0 Å². The van der Waals surface area contributed by atoms with Gasteiger partial charge in [0.25, 0.3) is 5.91 Å². The molecule has 0 aliphatic rings. The summed E-state index contributed by atoms with van der Waals surface area (Å²) in [6.07, 6.45) is 0.754. The lowest BCUT2D eigenvalue weighted by atomic mass is 10.1. The first kappa shape index (κ1) is 24.5. The van der Waals surface area contributed by atoms with Crippen molar-refractivity contribution in [3.05, 3.63) is 76.4 Å². The van der Waals surface area contributed by atoms with Gasteiger partial charge in [0.1, 0.15) is 17.4 Å². The molecule has 1 aromatic heterocycles. The minimum absolute atomic E-state index is 0.0331. The van der Waals surface area contributed by atoms with Gasteiger partial charge in [-0.1, -0.05) is 12.0 Å². The van der Waals surface area contributed by atoms with E-state index in [2.05, 4.69) is 16.3 Å². The lowest BCUT2D eigenvalue weighted by Crippen LogP contribution is -2.15. The summed E-state index contributed by atoms with van der Waals surface area (Å²) >= 11 is 0. The molecule has 0 aliphatic heterocycles. The number of benzene rings is 3. The monoisotopic (exact) mass is 500 g/mol. The first-order valence-electron chi connectivity index (χ1n) is 10.3. The fourth-order valence-corrected chi connectivity index (χ4v) is 3.67. The molecule has 0 radical (unpaired) electrons. The Hall–Kier alpha value is -4.59. The molecule has 3 N–H and O–H groups in total. The van der Waals surface area contributed by atoms with E-state index in [9.17, 15) is 26.7 Å². The Morgan fingerprint density at radius 2 is 1.86 bits per heavy atom. The van der Waals surface area contributed by atoms with Crippen LogP contribution in [0.4, 0.5) is 33.5 Å². The Labute approximate surface area is 201 Å². The SMILES string of the molecule is C#Cc1cc(NC(=O)c2cc(F)cc(C(F)(F)F)c2)c(Oc2cc(F)ccc2C)c2c(N)nn(C)c12. The predicted octanol–water partition coefficient (Wildman–Crippen LogP) is 5.79. The third kappa shape index (κ3) is 4.53. The third-order valence-electron chi connectivity index (χ3n) is 5.34. The van der Waals surface area contributed by atoms with E-state index in [0.717, 1.165) is 6.07 Å². The zero-order valence-electron chi connectivity index (χ0n) is 18.8. The lowest BCUT2D eigenvalue weighted by molar-refractivity contribution is -0.137. The van der Waals surface area contributed by atoms with Crippen molar-refractivity contribution in [2.24, 2.45) is 7.05 Å². The number of carbonyl (C=O) groups excluding carboxylic acids is 1. The molecule has 6 nitrogen and oxygen atoms in total. The quantitative estimate of drug-likeness (QED) is 0.275. The summed E-state index contributed by atoms with van der Waals surface area (Å²) in [5, 5.41) is 6.72. The van der Waals surface area contributed by atoms with Gasteiger partial charge in [-0.05, 0) is 42.8 Å². The number of rotatable bonds is 4. The summed E-state index contributed by atoms with van der Waals surface area (Å²) < 4.78 is 74.6. The molecular weight excluding hydrogens is 483 g/mol. The fraction of sp³-hybridized carbons (Fsp3) is 0.120. The standard InChI is InChI=1S/C25H17F5N4O2/c1-4-13-9-18(32-24(35)14-7-15(25(28,29)30)10-17(27)8-14)22(20-21(13)34(3)33-23(20)31)36-19-11-16(26)6-5-12(19)2/h1,5-11H,2-3H3,(H2,31,33)(H,32,35). The van der Waals surface area contributed by atoms with E-state index in [1.165, 1.54) is 22.9 Å². The molecule has 11 heteroatoms. The highest BCUT2D eigenvalue weighted by molar-refractivity contribution is 6.09. The minimum atomic E-state index is -4.87. The van der Waals surface area contributed by atoms with Crippen LogP contribution < -0.4 is 15.8 Å². The van der Waals surface area contributed by atoms with Gasteiger partial charge in [-0.25, -0.2) is 8.78 Å². The second-order valence-corrected chi connectivity index (χ2v) is 7.87. The number of aryl methyl sites for hydroxylation is 2. The van der Waals surface area contributed by atoms with Gasteiger partial charge in [-0.15, -0.1) is 6.42 Å². The van der Waals surface area contributed by atoms with Crippen molar-refractivity contribution in [3.8, 4) is 23.8 Å². The van der Waals surface area contributed by atoms with E-state index in [-0.39, 0.29) is 40.0 Å². The number of terminal acetylenes is 1. The number of carbonyl (C=O) groups is 1. The topological polar surface area (TPSA) is 82.2 Å². The second-order valence-electron chi connectivity index (χ2n) is 7.87. The van der Waals surface area contributed by atoms with Crippen LogP contribution in [-0.2, 0) is 13.2 Å². The van der Waals surface area contributed by atoms with Gasteiger partial charge in [0.05, 0.1) is 27.7 Å². The Morgan fingerprint density at radius 3 is 2.53 bits per heavy atom. The van der Waals surface area contributed by atoms with Gasteiger partial charge in [-0.2, -0.15) is 18.3 Å². The molecule has 0 aliphatic carbocycles. The number of nitrogens with zero attached hydrogens (tertiary/aromatic N) is 2. The van der Waals surface area contributed by atoms with Crippen molar-refractivity contribution in [1.29, 1.82) is 0 Å². The van der Waals surface area contributed by atoms with Crippen LogP contribution in [0.2, 0.25) is 0 Å². The molecule has 0 bridgehead atoms. The van der Waals surface area contributed by atoms with Gasteiger partial charge in [0.2, 0.25) is 0 Å². The van der Waals surface area contributed by atoms with Crippen molar-refractivity contribution >= 4 is 28.3 Å². The predicted molar refractivity (Wildman–Crippen MR) is 124 cm³/mol. The number of halogens is 5. The molecule has 0 spiro atoms. The number of ether oxygens (including phenoxy) is 1. The van der Waals surface area contributed by atoms with Gasteiger partial charge in [0, 0.05) is 18.7 Å². The molecule has 0 unspecified atom stereocenters. The number of hydrogen-bond donors (Lipinski definition) is 2. The number of alkyl halides is 3. The molecule has 0 saturated heterocycles. The van der Waals surface area contributed by atoms with E-state index < -0.39 is 34.8 Å². The van der Waals surface area contributed by atoms with Crippen LogP contribution in [-0.4, -0.2) is 15.7 Å². The van der Waals surface area contributed by atoms with Gasteiger partial charge >= 0.3 is 6.18 Å². The van der Waals surface area contributed by atoms with Gasteiger partial charge in [0.15, 0.2) is 11.6 Å². The average molecular weight is 500 g/mol. The van der Waals surface area contributed by atoms with Gasteiger partial charge < -0.3 is 15.8 Å². The normalized spacial score (nSPS) is 11.4. The molecular formula is C25H17F5N4O2. The van der Waals surface area contributed by atoms with Crippen molar-refractivity contribution < 1.29 is 31.5 Å². The molecule has 3 aromatic carbocycles. The minimum Gasteiger partial charge on any atom is -0.454 e. The number of nitrogen functional groups attached to an aromatic ring is 1. The Bertz CT molecular complexity index is 1570. The number of nitrogens with one attached hydrogen (secondary N) is 1. The number of amides is 1. The summed E-state index contributed by atoms with van der Waals surface area (Å²) in [7, 11) is 1.57. The van der Waals surface area contributed by atoms with Crippen LogP contribution in [0.5, 0.6) is 11.5 Å².